The number of morpholine rings is 1. The zero-order chi connectivity index (χ0) is 16.6. The molecule has 3 rings (SSSR count). The molecule has 0 radical (unpaired) electrons. The largest absolute Gasteiger partial charge is 0.379 e. The molecule has 146 valence electrons. The second-order valence-corrected chi connectivity index (χ2v) is 7.14. The maximum atomic E-state index is 5.93. The number of hydrogen-bond donors (Lipinski definition) is 1. The normalized spacial score (nSPS) is 26.0. The Hall–Kier alpha value is -0.120. The lowest BCUT2D eigenvalue weighted by molar-refractivity contribution is 0.0195. The fourth-order valence-corrected chi connectivity index (χ4v) is 4.08. The summed E-state index contributed by atoms with van der Waals surface area (Å²) in [5.74, 6) is 1.05. The molecule has 0 aromatic carbocycles. The summed E-state index contributed by atoms with van der Waals surface area (Å²) in [5, 5.41) is 3.51. The van der Waals surface area contributed by atoms with Crippen LogP contribution in [0.1, 0.15) is 38.5 Å². The monoisotopic (exact) mass is 466 g/mol. The van der Waals surface area contributed by atoms with Gasteiger partial charge in [0, 0.05) is 52.4 Å². The minimum Gasteiger partial charge on any atom is -0.379 e. The van der Waals surface area contributed by atoms with Gasteiger partial charge < -0.3 is 19.7 Å². The molecule has 1 unspecified atom stereocenters. The summed E-state index contributed by atoms with van der Waals surface area (Å²) in [6.45, 7) is 7.89. The molecule has 0 aromatic rings. The Morgan fingerprint density at radius 1 is 1.16 bits per heavy atom. The molecule has 1 saturated carbocycles. The summed E-state index contributed by atoms with van der Waals surface area (Å²) in [4.78, 5) is 9.45. The molecule has 0 amide bonds. The van der Waals surface area contributed by atoms with E-state index >= 15 is 0 Å². The number of halogens is 1. The van der Waals surface area contributed by atoms with E-state index in [0.29, 0.717) is 12.1 Å². The Morgan fingerprint density at radius 3 is 2.64 bits per heavy atom. The number of aliphatic imine (C=N–C) groups is 1. The molecule has 7 heteroatoms. The molecule has 2 saturated heterocycles. The van der Waals surface area contributed by atoms with Crippen molar-refractivity contribution in [2.24, 2.45) is 4.99 Å². The maximum absolute atomic E-state index is 5.93. The summed E-state index contributed by atoms with van der Waals surface area (Å²) in [6, 6.07) is 0.651. The van der Waals surface area contributed by atoms with Crippen molar-refractivity contribution < 1.29 is 9.47 Å². The fraction of sp³-hybridized carbons (Fsp3) is 0.944. The Bertz CT molecular complexity index is 399. The van der Waals surface area contributed by atoms with Crippen molar-refractivity contribution >= 4 is 29.9 Å². The minimum atomic E-state index is 0. The lowest BCUT2D eigenvalue weighted by Crippen LogP contribution is -2.46. The van der Waals surface area contributed by atoms with Gasteiger partial charge in [-0.05, 0) is 25.7 Å². The lowest BCUT2D eigenvalue weighted by Gasteiger charge is -2.32. The van der Waals surface area contributed by atoms with E-state index in [9.17, 15) is 0 Å². The molecular weight excluding hydrogens is 431 g/mol. The summed E-state index contributed by atoms with van der Waals surface area (Å²) in [7, 11) is 1.89. The molecule has 3 fully saturated rings. The molecular formula is C18H35IN4O2. The zero-order valence-corrected chi connectivity index (χ0v) is 18.0. The molecule has 1 aliphatic carbocycles. The molecule has 2 heterocycles. The number of hydrogen-bond acceptors (Lipinski definition) is 4. The highest BCUT2D eigenvalue weighted by Gasteiger charge is 2.30. The first-order chi connectivity index (χ1) is 11.9. The molecule has 1 atom stereocenters. The van der Waals surface area contributed by atoms with E-state index in [0.717, 1.165) is 64.9 Å². The number of nitrogens with zero attached hydrogens (tertiary/aromatic N) is 3. The fourth-order valence-electron chi connectivity index (χ4n) is 4.08. The highest BCUT2D eigenvalue weighted by molar-refractivity contribution is 14.0. The van der Waals surface area contributed by atoms with E-state index in [1.165, 1.54) is 32.1 Å². The summed E-state index contributed by atoms with van der Waals surface area (Å²) < 4.78 is 11.4. The van der Waals surface area contributed by atoms with Gasteiger partial charge in [0.05, 0.1) is 19.3 Å². The van der Waals surface area contributed by atoms with Crippen LogP contribution in [0.15, 0.2) is 4.99 Å². The van der Waals surface area contributed by atoms with E-state index in [1.54, 1.807) is 0 Å². The highest BCUT2D eigenvalue weighted by atomic mass is 127. The SMILES string of the molecule is CN=C(NCCCOC1CCCC1)N1CCC(N2CCOCC2)C1.I. The van der Waals surface area contributed by atoms with Crippen LogP contribution in [0.25, 0.3) is 0 Å². The molecule has 2 aliphatic heterocycles. The third-order valence-electron chi connectivity index (χ3n) is 5.50. The first-order valence-electron chi connectivity index (χ1n) is 9.76. The van der Waals surface area contributed by atoms with Crippen molar-refractivity contribution in [3.05, 3.63) is 0 Å². The van der Waals surface area contributed by atoms with Crippen LogP contribution in [0.3, 0.4) is 0 Å². The third-order valence-corrected chi connectivity index (χ3v) is 5.50. The van der Waals surface area contributed by atoms with Crippen LogP contribution in [0.4, 0.5) is 0 Å². The quantitative estimate of drug-likeness (QED) is 0.281. The lowest BCUT2D eigenvalue weighted by atomic mass is 10.2. The summed E-state index contributed by atoms with van der Waals surface area (Å²) in [6.07, 6.45) is 8.00. The predicted molar refractivity (Wildman–Crippen MR) is 112 cm³/mol. The molecule has 3 aliphatic rings. The van der Waals surface area contributed by atoms with Crippen molar-refractivity contribution in [3.63, 3.8) is 0 Å². The standard InChI is InChI=1S/C18H34N4O2.HI/c1-19-18(20-8-4-12-24-17-5-2-3-6-17)22-9-7-16(15-22)21-10-13-23-14-11-21;/h16-17H,2-15H2,1H3,(H,19,20);1H. The van der Waals surface area contributed by atoms with E-state index in [4.69, 9.17) is 9.47 Å². The number of guanidine groups is 1. The Labute approximate surface area is 169 Å². The predicted octanol–water partition coefficient (Wildman–Crippen LogP) is 1.94. The molecule has 1 N–H and O–H groups in total. The van der Waals surface area contributed by atoms with Gasteiger partial charge in [0.15, 0.2) is 5.96 Å². The molecule has 6 nitrogen and oxygen atoms in total. The van der Waals surface area contributed by atoms with E-state index < -0.39 is 0 Å². The number of likely N-dealkylation sites (tertiary alicyclic amines) is 1. The van der Waals surface area contributed by atoms with Crippen molar-refractivity contribution in [1.82, 2.24) is 15.1 Å². The van der Waals surface area contributed by atoms with Crippen LogP contribution in [-0.2, 0) is 9.47 Å². The Balaban J connectivity index is 0.00000225. The van der Waals surface area contributed by atoms with E-state index in [2.05, 4.69) is 20.1 Å². The second kappa shape index (κ2) is 11.6. The van der Waals surface area contributed by atoms with Gasteiger partial charge in [-0.1, -0.05) is 12.8 Å². The van der Waals surface area contributed by atoms with Crippen molar-refractivity contribution in [3.8, 4) is 0 Å². The third kappa shape index (κ3) is 6.52. The summed E-state index contributed by atoms with van der Waals surface area (Å²) in [5.41, 5.74) is 0. The van der Waals surface area contributed by atoms with Gasteiger partial charge in [-0.2, -0.15) is 0 Å². The van der Waals surface area contributed by atoms with Crippen LogP contribution in [-0.4, -0.2) is 87.5 Å². The molecule has 0 bridgehead atoms. The van der Waals surface area contributed by atoms with Gasteiger partial charge >= 0.3 is 0 Å². The smallest absolute Gasteiger partial charge is 0.193 e. The van der Waals surface area contributed by atoms with Gasteiger partial charge in [-0.15, -0.1) is 24.0 Å². The average molecular weight is 466 g/mol. The van der Waals surface area contributed by atoms with Gasteiger partial charge in [0.2, 0.25) is 0 Å². The number of rotatable bonds is 6. The first kappa shape index (κ1) is 21.2. The van der Waals surface area contributed by atoms with Crippen LogP contribution in [0, 0.1) is 0 Å². The van der Waals surface area contributed by atoms with Gasteiger partial charge in [-0.3, -0.25) is 9.89 Å². The van der Waals surface area contributed by atoms with Crippen LogP contribution >= 0.6 is 24.0 Å². The van der Waals surface area contributed by atoms with Gasteiger partial charge in [0.25, 0.3) is 0 Å². The van der Waals surface area contributed by atoms with E-state index in [-0.39, 0.29) is 24.0 Å². The molecule has 25 heavy (non-hydrogen) atoms. The van der Waals surface area contributed by atoms with Crippen LogP contribution < -0.4 is 5.32 Å². The average Bonchev–Trinajstić information content (AvgIpc) is 3.31. The van der Waals surface area contributed by atoms with Crippen LogP contribution in [0.5, 0.6) is 0 Å². The topological polar surface area (TPSA) is 49.3 Å². The molecule has 0 aromatic heterocycles. The van der Waals surface area contributed by atoms with Gasteiger partial charge in [-0.25, -0.2) is 0 Å². The van der Waals surface area contributed by atoms with Gasteiger partial charge in [0.1, 0.15) is 0 Å². The first-order valence-corrected chi connectivity index (χ1v) is 9.76. The number of nitrogens with one attached hydrogen (secondary N) is 1. The number of ether oxygens (including phenoxy) is 2. The zero-order valence-electron chi connectivity index (χ0n) is 15.6. The Kier molecular flexibility index (Phi) is 9.80. The molecule has 0 spiro atoms. The maximum Gasteiger partial charge on any atom is 0.193 e. The summed E-state index contributed by atoms with van der Waals surface area (Å²) >= 11 is 0. The van der Waals surface area contributed by atoms with Crippen LogP contribution in [0.2, 0.25) is 0 Å². The van der Waals surface area contributed by atoms with Crippen molar-refractivity contribution in [2.75, 3.05) is 59.6 Å². The van der Waals surface area contributed by atoms with E-state index in [1.807, 2.05) is 7.05 Å². The van der Waals surface area contributed by atoms with Crippen molar-refractivity contribution in [1.29, 1.82) is 0 Å². The Morgan fingerprint density at radius 2 is 1.92 bits per heavy atom. The van der Waals surface area contributed by atoms with Crippen molar-refractivity contribution in [2.45, 2.75) is 50.7 Å². The second-order valence-electron chi connectivity index (χ2n) is 7.14. The highest BCUT2D eigenvalue weighted by Crippen LogP contribution is 2.21. The minimum absolute atomic E-state index is 0.